The molecular weight excluding hydrogens is 333 g/mol. The number of hydrogen-bond donors (Lipinski definition) is 1. The Labute approximate surface area is 145 Å². The van der Waals surface area contributed by atoms with Gasteiger partial charge in [0.1, 0.15) is 0 Å². The molecule has 1 aliphatic rings. The lowest BCUT2D eigenvalue weighted by Crippen LogP contribution is -2.49. The van der Waals surface area contributed by atoms with Crippen LogP contribution >= 0.6 is 23.2 Å². The Bertz CT molecular complexity index is 707. The van der Waals surface area contributed by atoms with E-state index in [9.17, 15) is 4.79 Å². The summed E-state index contributed by atoms with van der Waals surface area (Å²) >= 11 is 12.2. The van der Waals surface area contributed by atoms with Gasteiger partial charge in [-0.2, -0.15) is 0 Å². The second-order valence-electron chi connectivity index (χ2n) is 5.47. The molecule has 0 radical (unpaired) electrons. The summed E-state index contributed by atoms with van der Waals surface area (Å²) in [5.41, 5.74) is 8.16. The number of rotatable bonds is 2. The molecule has 6 heteroatoms. The van der Waals surface area contributed by atoms with E-state index in [4.69, 9.17) is 28.9 Å². The minimum atomic E-state index is -0.000666. The number of carbonyl (C=O) groups excluding carboxylic acids is 1. The highest BCUT2D eigenvalue weighted by Crippen LogP contribution is 2.32. The zero-order valence-corrected chi connectivity index (χ0v) is 14.0. The summed E-state index contributed by atoms with van der Waals surface area (Å²) in [5, 5.41) is 1.21. The fraction of sp³-hybridized carbons (Fsp3) is 0.235. The van der Waals surface area contributed by atoms with Crippen LogP contribution in [0.5, 0.6) is 0 Å². The largest absolute Gasteiger partial charge is 0.397 e. The van der Waals surface area contributed by atoms with Crippen LogP contribution in [0.2, 0.25) is 10.0 Å². The van der Waals surface area contributed by atoms with Crippen LogP contribution in [0, 0.1) is 0 Å². The van der Waals surface area contributed by atoms with Crippen molar-refractivity contribution < 1.29 is 4.79 Å². The van der Waals surface area contributed by atoms with E-state index in [1.54, 1.807) is 24.3 Å². The van der Waals surface area contributed by atoms with Crippen LogP contribution in [0.4, 0.5) is 11.4 Å². The first kappa shape index (κ1) is 16.0. The Kier molecular flexibility index (Phi) is 4.64. The van der Waals surface area contributed by atoms with Gasteiger partial charge in [0, 0.05) is 36.8 Å². The predicted octanol–water partition coefficient (Wildman–Crippen LogP) is 3.54. The fourth-order valence-electron chi connectivity index (χ4n) is 2.80. The molecule has 2 aromatic rings. The second kappa shape index (κ2) is 6.69. The number of amides is 1. The van der Waals surface area contributed by atoms with E-state index < -0.39 is 0 Å². The fourth-order valence-corrected chi connectivity index (χ4v) is 3.29. The van der Waals surface area contributed by atoms with Crippen molar-refractivity contribution in [1.29, 1.82) is 0 Å². The molecule has 0 atom stereocenters. The highest BCUT2D eigenvalue weighted by Gasteiger charge is 2.24. The van der Waals surface area contributed by atoms with Crippen LogP contribution in [-0.2, 0) is 0 Å². The number of piperazine rings is 1. The average Bonchev–Trinajstić information content (AvgIpc) is 2.55. The van der Waals surface area contributed by atoms with Crippen LogP contribution < -0.4 is 10.6 Å². The Hall–Kier alpha value is -1.91. The normalized spacial score (nSPS) is 14.9. The maximum absolute atomic E-state index is 12.5. The van der Waals surface area contributed by atoms with Gasteiger partial charge in [0.2, 0.25) is 0 Å². The molecule has 2 aromatic carbocycles. The van der Waals surface area contributed by atoms with Crippen LogP contribution in [-0.4, -0.2) is 37.0 Å². The Morgan fingerprint density at radius 3 is 2.35 bits per heavy atom. The van der Waals surface area contributed by atoms with Gasteiger partial charge in [-0.05, 0) is 30.3 Å². The molecule has 3 rings (SSSR count). The Morgan fingerprint density at radius 1 is 1.00 bits per heavy atom. The number of anilines is 2. The molecule has 1 heterocycles. The van der Waals surface area contributed by atoms with E-state index >= 15 is 0 Å². The van der Waals surface area contributed by atoms with E-state index in [-0.39, 0.29) is 5.91 Å². The molecular formula is C17H17Cl2N3O. The van der Waals surface area contributed by atoms with Crippen LogP contribution in [0.25, 0.3) is 0 Å². The van der Waals surface area contributed by atoms with Crippen molar-refractivity contribution in [1.82, 2.24) is 4.90 Å². The maximum atomic E-state index is 12.5. The highest BCUT2D eigenvalue weighted by molar-refractivity contribution is 6.34. The first-order chi connectivity index (χ1) is 11.1. The summed E-state index contributed by atoms with van der Waals surface area (Å²) in [7, 11) is 0. The number of halogens is 2. The van der Waals surface area contributed by atoms with Crippen molar-refractivity contribution in [2.45, 2.75) is 0 Å². The Morgan fingerprint density at radius 2 is 1.70 bits per heavy atom. The number of carbonyl (C=O) groups is 1. The number of nitrogen functional groups attached to an aromatic ring is 1. The molecule has 23 heavy (non-hydrogen) atoms. The standard InChI is InChI=1S/C17H17Cl2N3O/c18-13-4-1-3-12(11-13)17(23)22-9-7-21(8-10-22)16-14(19)5-2-6-15(16)20/h1-6,11H,7-10,20H2. The molecule has 2 N–H and O–H groups in total. The van der Waals surface area contributed by atoms with Gasteiger partial charge in [0.05, 0.1) is 16.4 Å². The van der Waals surface area contributed by atoms with E-state index in [0.717, 1.165) is 5.69 Å². The van der Waals surface area contributed by atoms with E-state index in [1.807, 2.05) is 23.1 Å². The van der Waals surface area contributed by atoms with Crippen LogP contribution in [0.15, 0.2) is 42.5 Å². The number of para-hydroxylation sites is 1. The van der Waals surface area contributed by atoms with Gasteiger partial charge < -0.3 is 15.5 Å². The SMILES string of the molecule is Nc1cccc(Cl)c1N1CCN(C(=O)c2cccc(Cl)c2)CC1. The molecule has 0 aromatic heterocycles. The lowest BCUT2D eigenvalue weighted by molar-refractivity contribution is 0.0747. The summed E-state index contributed by atoms with van der Waals surface area (Å²) in [6, 6.07) is 12.5. The van der Waals surface area contributed by atoms with Crippen molar-refractivity contribution in [3.8, 4) is 0 Å². The van der Waals surface area contributed by atoms with Crippen LogP contribution in [0.3, 0.4) is 0 Å². The minimum Gasteiger partial charge on any atom is -0.397 e. The molecule has 0 bridgehead atoms. The predicted molar refractivity (Wildman–Crippen MR) is 95.4 cm³/mol. The van der Waals surface area contributed by atoms with Crippen molar-refractivity contribution in [2.24, 2.45) is 0 Å². The molecule has 0 aliphatic carbocycles. The van der Waals surface area contributed by atoms with Gasteiger partial charge in [0.25, 0.3) is 5.91 Å². The van der Waals surface area contributed by atoms with E-state index in [1.165, 1.54) is 0 Å². The third-order valence-electron chi connectivity index (χ3n) is 3.97. The number of nitrogens with zero attached hydrogens (tertiary/aromatic N) is 2. The first-order valence-corrected chi connectivity index (χ1v) is 8.15. The summed E-state index contributed by atoms with van der Waals surface area (Å²) in [6.45, 7) is 2.63. The molecule has 120 valence electrons. The molecule has 1 fully saturated rings. The molecule has 0 unspecified atom stereocenters. The molecule has 1 aliphatic heterocycles. The summed E-state index contributed by atoms with van der Waals surface area (Å²) < 4.78 is 0. The van der Waals surface area contributed by atoms with Crippen molar-refractivity contribution in [3.63, 3.8) is 0 Å². The summed E-state index contributed by atoms with van der Waals surface area (Å²) in [4.78, 5) is 16.5. The van der Waals surface area contributed by atoms with Gasteiger partial charge >= 0.3 is 0 Å². The molecule has 1 amide bonds. The lowest BCUT2D eigenvalue weighted by Gasteiger charge is -2.37. The number of hydrogen-bond acceptors (Lipinski definition) is 3. The third-order valence-corrected chi connectivity index (χ3v) is 4.51. The van der Waals surface area contributed by atoms with Gasteiger partial charge in [-0.3, -0.25) is 4.79 Å². The number of nitrogens with two attached hydrogens (primary N) is 1. The van der Waals surface area contributed by atoms with Crippen molar-refractivity contribution in [3.05, 3.63) is 58.1 Å². The quantitative estimate of drug-likeness (QED) is 0.843. The van der Waals surface area contributed by atoms with Gasteiger partial charge in [-0.25, -0.2) is 0 Å². The molecule has 0 spiro atoms. The van der Waals surface area contributed by atoms with Crippen molar-refractivity contribution in [2.75, 3.05) is 36.8 Å². The smallest absolute Gasteiger partial charge is 0.254 e. The van der Waals surface area contributed by atoms with Gasteiger partial charge in [-0.15, -0.1) is 0 Å². The molecule has 4 nitrogen and oxygen atoms in total. The number of benzene rings is 2. The molecule has 1 saturated heterocycles. The topological polar surface area (TPSA) is 49.6 Å². The van der Waals surface area contributed by atoms with E-state index in [0.29, 0.717) is 47.5 Å². The lowest BCUT2D eigenvalue weighted by atomic mass is 10.1. The van der Waals surface area contributed by atoms with Gasteiger partial charge in [0.15, 0.2) is 0 Å². The third kappa shape index (κ3) is 3.38. The monoisotopic (exact) mass is 349 g/mol. The van der Waals surface area contributed by atoms with E-state index in [2.05, 4.69) is 4.90 Å². The zero-order valence-electron chi connectivity index (χ0n) is 12.5. The molecule has 0 saturated carbocycles. The first-order valence-electron chi connectivity index (χ1n) is 7.40. The highest BCUT2D eigenvalue weighted by atomic mass is 35.5. The average molecular weight is 350 g/mol. The Balaban J connectivity index is 1.70. The summed E-state index contributed by atoms with van der Waals surface area (Å²) in [6.07, 6.45) is 0. The maximum Gasteiger partial charge on any atom is 0.254 e. The van der Waals surface area contributed by atoms with Crippen LogP contribution in [0.1, 0.15) is 10.4 Å². The second-order valence-corrected chi connectivity index (χ2v) is 6.31. The summed E-state index contributed by atoms with van der Waals surface area (Å²) in [5.74, 6) is -0.000666. The van der Waals surface area contributed by atoms with Crippen molar-refractivity contribution >= 4 is 40.5 Å². The van der Waals surface area contributed by atoms with Gasteiger partial charge in [-0.1, -0.05) is 35.3 Å². The zero-order chi connectivity index (χ0) is 16.4. The minimum absolute atomic E-state index is 0.000666.